The van der Waals surface area contributed by atoms with Gasteiger partial charge in [0.1, 0.15) is 5.58 Å². The summed E-state index contributed by atoms with van der Waals surface area (Å²) in [4.78, 5) is 4.69. The fourth-order valence-corrected chi connectivity index (χ4v) is 3.81. The molecule has 0 amide bonds. The molecule has 5 aromatic rings. The van der Waals surface area contributed by atoms with Crippen LogP contribution in [0.15, 0.2) is 65.4 Å². The molecule has 0 saturated heterocycles. The zero-order chi connectivity index (χ0) is 19.7. The number of furan rings is 1. The smallest absolute Gasteiger partial charge is 0.134 e. The monoisotopic (exact) mass is 341 g/mol. The van der Waals surface area contributed by atoms with Crippen molar-refractivity contribution in [3.63, 3.8) is 0 Å². The maximum absolute atomic E-state index is 8.93. The number of hydrogen-bond acceptors (Lipinski definition) is 2. The number of nitrogens with zero attached hydrogens (tertiary/aromatic N) is 1. The Kier molecular flexibility index (Phi) is 2.73. The quantitative estimate of drug-likeness (QED) is 0.311. The molecule has 2 nitrogen and oxygen atoms in total. The molecule has 0 aliphatic carbocycles. The summed E-state index contributed by atoms with van der Waals surface area (Å²) in [5, 5.41) is 6.15. The van der Waals surface area contributed by atoms with E-state index in [4.69, 9.17) is 7.16 Å². The molecule has 0 aliphatic rings. The van der Waals surface area contributed by atoms with Gasteiger partial charge in [-0.3, -0.25) is 4.98 Å². The number of aromatic nitrogens is 1. The minimum Gasteiger partial charge on any atom is -0.464 e. The lowest BCUT2D eigenvalue weighted by atomic mass is 9.85. The zero-order valence-corrected chi connectivity index (χ0v) is 15.1. The molecular weight excluding hydrogens is 318 g/mol. The molecule has 26 heavy (non-hydrogen) atoms. The fraction of sp³-hybridized carbons (Fsp3) is 0.208. The standard InChI is InChI=1S/C24H21NO/c1-24(2,3)14-16-8-10-25-23-18-7-5-4-6-17(18)19-12-15-9-11-26-21(15)13-20(19)22(16)23/h4-13H,14H2,1-3H3/i14D2. The van der Waals surface area contributed by atoms with Gasteiger partial charge in [0.05, 0.1) is 11.8 Å². The van der Waals surface area contributed by atoms with Gasteiger partial charge in [0.25, 0.3) is 0 Å². The van der Waals surface area contributed by atoms with Crippen LogP contribution in [0.5, 0.6) is 0 Å². The van der Waals surface area contributed by atoms with Gasteiger partial charge in [0.15, 0.2) is 0 Å². The maximum atomic E-state index is 8.93. The van der Waals surface area contributed by atoms with Crippen molar-refractivity contribution in [2.24, 2.45) is 5.41 Å². The SMILES string of the molecule is [2H]C([2H])(c1ccnc2c3ccccc3c3cc4ccoc4cc3c12)C(C)(C)C. The molecule has 0 radical (unpaired) electrons. The molecule has 0 unspecified atom stereocenters. The van der Waals surface area contributed by atoms with Gasteiger partial charge in [0, 0.05) is 25.1 Å². The first-order valence-electron chi connectivity index (χ1n) is 9.90. The molecule has 0 spiro atoms. The highest BCUT2D eigenvalue weighted by atomic mass is 16.3. The Hall–Kier alpha value is -2.87. The van der Waals surface area contributed by atoms with Gasteiger partial charge >= 0.3 is 0 Å². The van der Waals surface area contributed by atoms with Gasteiger partial charge in [-0.1, -0.05) is 45.0 Å². The second kappa shape index (κ2) is 5.31. The van der Waals surface area contributed by atoms with Crippen molar-refractivity contribution < 1.29 is 7.16 Å². The van der Waals surface area contributed by atoms with Crippen LogP contribution in [-0.2, 0) is 6.37 Å². The molecule has 2 aromatic heterocycles. The normalized spacial score (nSPS) is 14.3. The van der Waals surface area contributed by atoms with E-state index < -0.39 is 11.8 Å². The second-order valence-corrected chi connectivity index (χ2v) is 7.86. The van der Waals surface area contributed by atoms with Crippen molar-refractivity contribution in [3.8, 4) is 0 Å². The van der Waals surface area contributed by atoms with Crippen LogP contribution in [0, 0.1) is 5.41 Å². The predicted octanol–water partition coefficient (Wildman–Crippen LogP) is 6.88. The number of pyridine rings is 1. The second-order valence-electron chi connectivity index (χ2n) is 7.86. The minimum atomic E-state index is -1.53. The Morgan fingerprint density at radius 3 is 2.58 bits per heavy atom. The molecule has 0 N–H and O–H groups in total. The molecule has 128 valence electrons. The van der Waals surface area contributed by atoms with Gasteiger partial charge in [0.2, 0.25) is 0 Å². The van der Waals surface area contributed by atoms with Gasteiger partial charge in [-0.15, -0.1) is 0 Å². The van der Waals surface area contributed by atoms with E-state index in [1.54, 1.807) is 12.5 Å². The highest BCUT2D eigenvalue weighted by Gasteiger charge is 2.18. The largest absolute Gasteiger partial charge is 0.464 e. The van der Waals surface area contributed by atoms with Crippen molar-refractivity contribution in [1.82, 2.24) is 4.98 Å². The van der Waals surface area contributed by atoms with E-state index in [0.29, 0.717) is 5.56 Å². The van der Waals surface area contributed by atoms with Gasteiger partial charge in [-0.2, -0.15) is 0 Å². The molecule has 0 atom stereocenters. The van der Waals surface area contributed by atoms with E-state index in [2.05, 4.69) is 23.2 Å². The molecule has 2 heteroatoms. The molecule has 0 bridgehead atoms. The van der Waals surface area contributed by atoms with Gasteiger partial charge in [-0.25, -0.2) is 0 Å². The van der Waals surface area contributed by atoms with Gasteiger partial charge in [-0.05, 0) is 57.8 Å². The lowest BCUT2D eigenvalue weighted by molar-refractivity contribution is 0.412. The van der Waals surface area contributed by atoms with Gasteiger partial charge < -0.3 is 4.42 Å². The lowest BCUT2D eigenvalue weighted by Crippen LogP contribution is -2.09. The third-order valence-electron chi connectivity index (χ3n) is 4.79. The van der Waals surface area contributed by atoms with E-state index >= 15 is 0 Å². The Morgan fingerprint density at radius 1 is 0.962 bits per heavy atom. The topological polar surface area (TPSA) is 26.0 Å². The summed E-state index contributed by atoms with van der Waals surface area (Å²) >= 11 is 0. The zero-order valence-electron chi connectivity index (χ0n) is 17.1. The summed E-state index contributed by atoms with van der Waals surface area (Å²) in [6, 6.07) is 16.2. The Balaban J connectivity index is 2.09. The van der Waals surface area contributed by atoms with E-state index in [0.717, 1.165) is 43.4 Å². The third kappa shape index (κ3) is 2.29. The number of benzene rings is 3. The summed E-state index contributed by atoms with van der Waals surface area (Å²) in [6.45, 7) is 5.81. The summed E-state index contributed by atoms with van der Waals surface area (Å²) in [5.41, 5.74) is 1.75. The van der Waals surface area contributed by atoms with Crippen molar-refractivity contribution in [3.05, 3.63) is 66.6 Å². The van der Waals surface area contributed by atoms with Crippen LogP contribution >= 0.6 is 0 Å². The summed E-state index contributed by atoms with van der Waals surface area (Å²) < 4.78 is 23.5. The molecular formula is C24H21NO. The number of rotatable bonds is 1. The Bertz CT molecular complexity index is 1380. The van der Waals surface area contributed by atoms with Crippen molar-refractivity contribution >= 4 is 43.4 Å². The van der Waals surface area contributed by atoms with E-state index in [9.17, 15) is 0 Å². The average Bonchev–Trinajstić information content (AvgIpc) is 3.13. The van der Waals surface area contributed by atoms with E-state index in [1.165, 1.54) is 0 Å². The molecule has 3 aromatic carbocycles. The summed E-state index contributed by atoms with van der Waals surface area (Å²) in [7, 11) is 0. The lowest BCUT2D eigenvalue weighted by Gasteiger charge is -2.20. The maximum Gasteiger partial charge on any atom is 0.134 e. The molecule has 0 fully saturated rings. The molecule has 2 heterocycles. The highest BCUT2D eigenvalue weighted by Crippen LogP contribution is 2.39. The van der Waals surface area contributed by atoms with Crippen LogP contribution in [0.25, 0.3) is 43.4 Å². The minimum absolute atomic E-state index is 0.561. The van der Waals surface area contributed by atoms with Crippen LogP contribution in [-0.4, -0.2) is 4.98 Å². The van der Waals surface area contributed by atoms with Crippen molar-refractivity contribution in [1.29, 1.82) is 0 Å². The molecule has 5 rings (SSSR count). The summed E-state index contributed by atoms with van der Waals surface area (Å²) in [5.74, 6) is 0. The fourth-order valence-electron chi connectivity index (χ4n) is 3.81. The predicted molar refractivity (Wildman–Crippen MR) is 110 cm³/mol. The third-order valence-corrected chi connectivity index (χ3v) is 4.79. The first-order chi connectivity index (χ1) is 13.3. The highest BCUT2D eigenvalue weighted by molar-refractivity contribution is 6.26. The van der Waals surface area contributed by atoms with Crippen molar-refractivity contribution in [2.75, 3.05) is 0 Å². The Labute approximate surface area is 155 Å². The van der Waals surface area contributed by atoms with Crippen LogP contribution in [0.1, 0.15) is 29.1 Å². The van der Waals surface area contributed by atoms with E-state index in [1.807, 2.05) is 51.1 Å². The van der Waals surface area contributed by atoms with Crippen LogP contribution in [0.4, 0.5) is 0 Å². The molecule has 0 aliphatic heterocycles. The number of hydrogen-bond donors (Lipinski definition) is 0. The summed E-state index contributed by atoms with van der Waals surface area (Å²) in [6.07, 6.45) is 1.90. The van der Waals surface area contributed by atoms with Crippen LogP contribution in [0.2, 0.25) is 0 Å². The van der Waals surface area contributed by atoms with Crippen LogP contribution in [0.3, 0.4) is 0 Å². The van der Waals surface area contributed by atoms with Crippen LogP contribution < -0.4 is 0 Å². The van der Waals surface area contributed by atoms with Crippen molar-refractivity contribution in [2.45, 2.75) is 27.1 Å². The van der Waals surface area contributed by atoms with E-state index in [-0.39, 0.29) is 0 Å². The molecule has 0 saturated carbocycles. The Morgan fingerprint density at radius 2 is 1.77 bits per heavy atom. The first-order valence-corrected chi connectivity index (χ1v) is 8.90. The average molecular weight is 341 g/mol. The number of fused-ring (bicyclic) bond motifs is 7. The first kappa shape index (κ1) is 13.3.